The van der Waals surface area contributed by atoms with Crippen molar-refractivity contribution in [1.29, 1.82) is 0 Å². The summed E-state index contributed by atoms with van der Waals surface area (Å²) in [6.07, 6.45) is 1.67. The highest BCUT2D eigenvalue weighted by molar-refractivity contribution is 5.80. The minimum atomic E-state index is -0.256. The van der Waals surface area contributed by atoms with Crippen LogP contribution < -0.4 is 10.3 Å². The van der Waals surface area contributed by atoms with Crippen LogP contribution >= 0.6 is 0 Å². The second-order valence-electron chi connectivity index (χ2n) is 10.1. The Labute approximate surface area is 212 Å². The molecule has 4 rings (SSSR count). The molecule has 0 aliphatic rings. The van der Waals surface area contributed by atoms with Crippen molar-refractivity contribution < 1.29 is 4.74 Å². The van der Waals surface area contributed by atoms with Gasteiger partial charge in [-0.05, 0) is 80.8 Å². The fraction of sp³-hybridized carbons (Fsp3) is 0.429. The molecule has 0 aliphatic heterocycles. The van der Waals surface area contributed by atoms with Crippen LogP contribution in [0.3, 0.4) is 0 Å². The number of hydrogen-bond acceptors (Lipinski definition) is 6. The van der Waals surface area contributed by atoms with Gasteiger partial charge in [0.25, 0.3) is 5.56 Å². The molecule has 0 amide bonds. The van der Waals surface area contributed by atoms with Crippen molar-refractivity contribution in [2.24, 2.45) is 0 Å². The summed E-state index contributed by atoms with van der Waals surface area (Å²) >= 11 is 0. The molecule has 0 saturated heterocycles. The first-order valence-electron chi connectivity index (χ1n) is 12.7. The monoisotopic (exact) mass is 488 g/mol. The topological polar surface area (TPSA) is 88.9 Å². The van der Waals surface area contributed by atoms with E-state index in [9.17, 15) is 4.79 Å². The summed E-state index contributed by atoms with van der Waals surface area (Å²) in [4.78, 5) is 18.5. The maximum atomic E-state index is 13.1. The van der Waals surface area contributed by atoms with Crippen LogP contribution in [0.15, 0.2) is 59.4 Å². The first-order valence-corrected chi connectivity index (χ1v) is 12.7. The van der Waals surface area contributed by atoms with E-state index in [4.69, 9.17) is 4.74 Å². The van der Waals surface area contributed by atoms with Crippen LogP contribution in [-0.4, -0.2) is 43.2 Å². The molecule has 0 aliphatic carbocycles. The van der Waals surface area contributed by atoms with Gasteiger partial charge in [-0.15, -0.1) is 5.10 Å². The summed E-state index contributed by atoms with van der Waals surface area (Å²) in [6, 6.07) is 18.1. The largest absolute Gasteiger partial charge is 0.494 e. The summed E-state index contributed by atoms with van der Waals surface area (Å²) in [7, 11) is 0. The van der Waals surface area contributed by atoms with Gasteiger partial charge in [-0.2, -0.15) is 0 Å². The quantitative estimate of drug-likeness (QED) is 0.343. The van der Waals surface area contributed by atoms with Gasteiger partial charge in [0.2, 0.25) is 0 Å². The molecule has 36 heavy (non-hydrogen) atoms. The fourth-order valence-electron chi connectivity index (χ4n) is 4.57. The predicted octanol–water partition coefficient (Wildman–Crippen LogP) is 4.86. The van der Waals surface area contributed by atoms with Crippen molar-refractivity contribution in [3.05, 3.63) is 81.9 Å². The zero-order chi connectivity index (χ0) is 25.7. The normalized spacial score (nSPS) is 12.8. The molecule has 0 unspecified atom stereocenters. The Bertz CT molecular complexity index is 1340. The van der Waals surface area contributed by atoms with Crippen molar-refractivity contribution in [1.82, 2.24) is 30.1 Å². The van der Waals surface area contributed by atoms with E-state index in [1.165, 1.54) is 5.56 Å². The molecule has 0 bridgehead atoms. The minimum Gasteiger partial charge on any atom is -0.494 e. The molecule has 4 aromatic rings. The van der Waals surface area contributed by atoms with Crippen molar-refractivity contribution in [2.75, 3.05) is 13.2 Å². The highest BCUT2D eigenvalue weighted by atomic mass is 16.5. The van der Waals surface area contributed by atoms with E-state index in [2.05, 4.69) is 77.4 Å². The SMILES string of the molecule is CCOc1ccc2[nH]c(=O)c(CN(CCc3ccccc3)[C@H](CC)c3nnnn3C(C)(C)C)cc2c1. The van der Waals surface area contributed by atoms with Crippen LogP contribution in [0.4, 0.5) is 0 Å². The standard InChI is InChI=1S/C28H36N6O2/c1-6-25(26-30-31-32-34(26)28(3,4)5)33(16-15-20-11-9-8-10-12-20)19-22-17-21-18-23(36-7-2)13-14-24(21)29-27(22)35/h8-14,17-18,25H,6-7,15-16,19H2,1-5H3,(H,29,35)/t25-/m1/s1. The Kier molecular flexibility index (Phi) is 7.84. The first-order chi connectivity index (χ1) is 17.3. The van der Waals surface area contributed by atoms with E-state index in [0.29, 0.717) is 18.7 Å². The van der Waals surface area contributed by atoms with Crippen LogP contribution in [0.5, 0.6) is 5.75 Å². The molecule has 1 atom stereocenters. The van der Waals surface area contributed by atoms with Gasteiger partial charge in [0.15, 0.2) is 5.82 Å². The van der Waals surface area contributed by atoms with Crippen molar-refractivity contribution in [3.8, 4) is 5.75 Å². The molecule has 0 spiro atoms. The van der Waals surface area contributed by atoms with E-state index in [0.717, 1.165) is 41.9 Å². The van der Waals surface area contributed by atoms with Crippen LogP contribution in [0.2, 0.25) is 0 Å². The number of aromatic amines is 1. The second-order valence-corrected chi connectivity index (χ2v) is 10.1. The second kappa shape index (κ2) is 11.0. The molecule has 8 nitrogen and oxygen atoms in total. The van der Waals surface area contributed by atoms with Gasteiger partial charge in [0, 0.05) is 29.6 Å². The maximum Gasteiger partial charge on any atom is 0.252 e. The highest BCUT2D eigenvalue weighted by Gasteiger charge is 2.29. The minimum absolute atomic E-state index is 0.0483. The lowest BCUT2D eigenvalue weighted by Crippen LogP contribution is -2.36. The zero-order valence-electron chi connectivity index (χ0n) is 21.9. The smallest absolute Gasteiger partial charge is 0.252 e. The Morgan fingerprint density at radius 3 is 2.56 bits per heavy atom. The Balaban J connectivity index is 1.71. The summed E-state index contributed by atoms with van der Waals surface area (Å²) in [5.74, 6) is 1.61. The number of H-pyrrole nitrogens is 1. The van der Waals surface area contributed by atoms with Gasteiger partial charge in [-0.3, -0.25) is 9.69 Å². The van der Waals surface area contributed by atoms with E-state index in [1.807, 2.05) is 41.9 Å². The lowest BCUT2D eigenvalue weighted by molar-refractivity contribution is 0.163. The summed E-state index contributed by atoms with van der Waals surface area (Å²) in [5.41, 5.74) is 2.42. The van der Waals surface area contributed by atoms with E-state index in [-0.39, 0.29) is 17.1 Å². The lowest BCUT2D eigenvalue weighted by atomic mass is 10.0. The van der Waals surface area contributed by atoms with E-state index >= 15 is 0 Å². The molecule has 2 heterocycles. The van der Waals surface area contributed by atoms with Crippen LogP contribution in [0, 0.1) is 0 Å². The van der Waals surface area contributed by atoms with Gasteiger partial charge in [-0.25, -0.2) is 4.68 Å². The number of pyridine rings is 1. The number of nitrogens with one attached hydrogen (secondary N) is 1. The number of tetrazole rings is 1. The van der Waals surface area contributed by atoms with Gasteiger partial charge < -0.3 is 9.72 Å². The number of ether oxygens (including phenoxy) is 1. The van der Waals surface area contributed by atoms with Gasteiger partial charge >= 0.3 is 0 Å². The lowest BCUT2D eigenvalue weighted by Gasteiger charge is -2.32. The third-order valence-electron chi connectivity index (χ3n) is 6.36. The summed E-state index contributed by atoms with van der Waals surface area (Å²) < 4.78 is 7.57. The molecule has 0 saturated carbocycles. The van der Waals surface area contributed by atoms with Gasteiger partial charge in [0.1, 0.15) is 5.75 Å². The summed E-state index contributed by atoms with van der Waals surface area (Å²) in [6.45, 7) is 12.2. The molecule has 8 heteroatoms. The maximum absolute atomic E-state index is 13.1. The average molecular weight is 489 g/mol. The van der Waals surface area contributed by atoms with Crippen LogP contribution in [0.1, 0.15) is 64.0 Å². The van der Waals surface area contributed by atoms with Crippen LogP contribution in [-0.2, 0) is 18.5 Å². The van der Waals surface area contributed by atoms with Crippen molar-refractivity contribution in [3.63, 3.8) is 0 Å². The van der Waals surface area contributed by atoms with Crippen molar-refractivity contribution in [2.45, 2.75) is 65.6 Å². The number of nitrogens with zero attached hydrogens (tertiary/aromatic N) is 5. The molecule has 0 fully saturated rings. The number of fused-ring (bicyclic) bond motifs is 1. The zero-order valence-corrected chi connectivity index (χ0v) is 21.9. The average Bonchev–Trinajstić information content (AvgIpc) is 3.35. The Morgan fingerprint density at radius 1 is 1.08 bits per heavy atom. The van der Waals surface area contributed by atoms with E-state index in [1.54, 1.807) is 0 Å². The number of hydrogen-bond donors (Lipinski definition) is 1. The molecular weight excluding hydrogens is 452 g/mol. The number of rotatable bonds is 10. The number of aromatic nitrogens is 5. The molecular formula is C28H36N6O2. The predicted molar refractivity (Wildman–Crippen MR) is 142 cm³/mol. The molecule has 190 valence electrons. The van der Waals surface area contributed by atoms with E-state index < -0.39 is 0 Å². The van der Waals surface area contributed by atoms with Crippen molar-refractivity contribution >= 4 is 10.9 Å². The highest BCUT2D eigenvalue weighted by Crippen LogP contribution is 2.28. The first kappa shape index (κ1) is 25.6. The molecule has 2 aromatic heterocycles. The van der Waals surface area contributed by atoms with Crippen LogP contribution in [0.25, 0.3) is 10.9 Å². The third-order valence-corrected chi connectivity index (χ3v) is 6.36. The Morgan fingerprint density at radius 2 is 1.86 bits per heavy atom. The fourth-order valence-corrected chi connectivity index (χ4v) is 4.57. The summed E-state index contributed by atoms with van der Waals surface area (Å²) in [5, 5.41) is 13.7. The number of benzene rings is 2. The molecule has 0 radical (unpaired) electrons. The molecule has 1 N–H and O–H groups in total. The molecule has 2 aromatic carbocycles. The third kappa shape index (κ3) is 5.82. The van der Waals surface area contributed by atoms with Gasteiger partial charge in [0.05, 0.1) is 18.2 Å². The van der Waals surface area contributed by atoms with Gasteiger partial charge in [-0.1, -0.05) is 37.3 Å². The Hall–Kier alpha value is -3.52.